The lowest BCUT2D eigenvalue weighted by atomic mass is 10.1. The van der Waals surface area contributed by atoms with Gasteiger partial charge in [-0.15, -0.1) is 11.3 Å². The van der Waals surface area contributed by atoms with Crippen molar-refractivity contribution in [3.8, 4) is 6.07 Å². The minimum Gasteiger partial charge on any atom is -0.454 e. The molecule has 0 N–H and O–H groups in total. The van der Waals surface area contributed by atoms with Gasteiger partial charge in [-0.25, -0.2) is 9.78 Å². The Hall–Kier alpha value is -2.78. The van der Waals surface area contributed by atoms with Gasteiger partial charge in [-0.2, -0.15) is 5.26 Å². The minimum atomic E-state index is -1.00. The summed E-state index contributed by atoms with van der Waals surface area (Å²) in [6, 6.07) is 9.50. The molecule has 122 valence electrons. The molecule has 1 heterocycles. The van der Waals surface area contributed by atoms with Crippen molar-refractivity contribution in [1.82, 2.24) is 4.98 Å². The average Bonchev–Trinajstić information content (AvgIpc) is 2.99. The van der Waals surface area contributed by atoms with Crippen molar-refractivity contribution in [2.75, 3.05) is 6.61 Å². The zero-order valence-electron chi connectivity index (χ0n) is 13.4. The van der Waals surface area contributed by atoms with Gasteiger partial charge < -0.3 is 4.74 Å². The number of hydrogen-bond donors (Lipinski definition) is 0. The average molecular weight is 340 g/mol. The Morgan fingerprint density at radius 3 is 2.75 bits per heavy atom. The summed E-state index contributed by atoms with van der Waals surface area (Å²) in [5.74, 6) is -2.11. The van der Waals surface area contributed by atoms with Gasteiger partial charge in [-0.1, -0.05) is 24.3 Å². The molecular weight excluding hydrogens is 324 g/mol. The molecule has 5 nitrogen and oxygen atoms in total. The van der Waals surface area contributed by atoms with Crippen molar-refractivity contribution in [3.63, 3.8) is 0 Å². The third kappa shape index (κ3) is 4.61. The Morgan fingerprint density at radius 2 is 2.12 bits per heavy atom. The normalized spacial score (nSPS) is 11.9. The van der Waals surface area contributed by atoms with Crippen molar-refractivity contribution < 1.29 is 14.3 Å². The lowest BCUT2D eigenvalue weighted by Crippen LogP contribution is -2.19. The van der Waals surface area contributed by atoms with Gasteiger partial charge in [0, 0.05) is 17.2 Å². The van der Waals surface area contributed by atoms with Crippen LogP contribution in [-0.2, 0) is 14.3 Å². The van der Waals surface area contributed by atoms with Crippen LogP contribution in [0.5, 0.6) is 0 Å². The van der Waals surface area contributed by atoms with Crippen LogP contribution in [0.1, 0.15) is 27.7 Å². The van der Waals surface area contributed by atoms with E-state index in [-0.39, 0.29) is 0 Å². The molecule has 1 aromatic carbocycles. The van der Waals surface area contributed by atoms with Crippen LogP contribution in [0.25, 0.3) is 6.08 Å². The molecule has 0 aliphatic heterocycles. The first-order chi connectivity index (χ1) is 11.5. The van der Waals surface area contributed by atoms with Crippen LogP contribution in [0.3, 0.4) is 0 Å². The number of aromatic nitrogens is 1. The first kappa shape index (κ1) is 17.6. The van der Waals surface area contributed by atoms with Crippen LogP contribution in [0, 0.1) is 25.2 Å². The van der Waals surface area contributed by atoms with Gasteiger partial charge in [-0.3, -0.25) is 4.79 Å². The lowest BCUT2D eigenvalue weighted by Gasteiger charge is -2.05. The summed E-state index contributed by atoms with van der Waals surface area (Å²) in [6.45, 7) is 3.27. The number of carbonyl (C=O) groups excluding carboxylic acids is 2. The van der Waals surface area contributed by atoms with Crippen LogP contribution in [-0.4, -0.2) is 23.3 Å². The molecule has 0 unspecified atom stereocenters. The van der Waals surface area contributed by atoms with Gasteiger partial charge >= 0.3 is 5.97 Å². The summed E-state index contributed by atoms with van der Waals surface area (Å²) < 4.78 is 4.93. The maximum absolute atomic E-state index is 12.1. The predicted molar refractivity (Wildman–Crippen MR) is 91.4 cm³/mol. The van der Waals surface area contributed by atoms with Crippen LogP contribution < -0.4 is 0 Å². The molecule has 0 fully saturated rings. The Balaban J connectivity index is 1.92. The molecule has 24 heavy (non-hydrogen) atoms. The van der Waals surface area contributed by atoms with Crippen molar-refractivity contribution >= 4 is 29.2 Å². The second-order valence-corrected chi connectivity index (χ2v) is 6.04. The standard InChI is InChI=1S/C18H16N2O3S/c1-12-5-3-4-6-14(12)7-8-17(22)23-10-16(21)15(9-19)18-20-13(2)11-24-18/h3-8,11,15H,10H2,1-2H3/b8-7+/t15-/m0/s1. The highest BCUT2D eigenvalue weighted by molar-refractivity contribution is 7.09. The van der Waals surface area contributed by atoms with E-state index >= 15 is 0 Å². The Kier molecular flexibility index (Phi) is 5.99. The van der Waals surface area contributed by atoms with Crippen molar-refractivity contribution in [2.45, 2.75) is 19.8 Å². The van der Waals surface area contributed by atoms with Gasteiger partial charge in [-0.05, 0) is 31.1 Å². The smallest absolute Gasteiger partial charge is 0.331 e. The van der Waals surface area contributed by atoms with E-state index in [1.165, 1.54) is 17.4 Å². The SMILES string of the molecule is Cc1csc([C@@H](C#N)C(=O)COC(=O)/C=C/c2ccccc2C)n1. The molecule has 2 rings (SSSR count). The van der Waals surface area contributed by atoms with Gasteiger partial charge in [0.25, 0.3) is 0 Å². The highest BCUT2D eigenvalue weighted by atomic mass is 32.1. The molecule has 0 amide bonds. The van der Waals surface area contributed by atoms with E-state index in [4.69, 9.17) is 10.00 Å². The number of benzene rings is 1. The molecule has 0 spiro atoms. The van der Waals surface area contributed by atoms with Crippen LogP contribution in [0.2, 0.25) is 0 Å². The number of nitriles is 1. The number of ether oxygens (including phenoxy) is 1. The summed E-state index contributed by atoms with van der Waals surface area (Å²) in [4.78, 5) is 27.9. The van der Waals surface area contributed by atoms with Crippen molar-refractivity contribution in [2.24, 2.45) is 0 Å². The number of esters is 1. The molecular formula is C18H16N2O3S. The molecule has 0 saturated carbocycles. The number of thiazole rings is 1. The van der Waals surface area contributed by atoms with E-state index in [1.54, 1.807) is 18.4 Å². The number of ketones is 1. The lowest BCUT2D eigenvalue weighted by molar-refractivity contribution is -0.143. The quantitative estimate of drug-likeness (QED) is 0.596. The Bertz CT molecular complexity index is 818. The first-order valence-electron chi connectivity index (χ1n) is 7.26. The zero-order valence-corrected chi connectivity index (χ0v) is 14.2. The molecule has 6 heteroatoms. The summed E-state index contributed by atoms with van der Waals surface area (Å²) in [7, 11) is 0. The summed E-state index contributed by atoms with van der Waals surface area (Å²) in [5, 5.41) is 11.3. The number of carbonyl (C=O) groups is 2. The largest absolute Gasteiger partial charge is 0.454 e. The number of hydrogen-bond acceptors (Lipinski definition) is 6. The van der Waals surface area contributed by atoms with Crippen LogP contribution in [0.4, 0.5) is 0 Å². The molecule has 0 bridgehead atoms. The molecule has 1 aromatic heterocycles. The Labute approximate surface area is 144 Å². The summed E-state index contributed by atoms with van der Waals surface area (Å²) in [6.07, 6.45) is 2.90. The molecule has 1 atom stereocenters. The fourth-order valence-electron chi connectivity index (χ4n) is 1.98. The van der Waals surface area contributed by atoms with E-state index in [1.807, 2.05) is 37.3 Å². The minimum absolute atomic E-state index is 0.423. The molecule has 0 radical (unpaired) electrons. The Morgan fingerprint density at radius 1 is 1.38 bits per heavy atom. The van der Waals surface area contributed by atoms with Gasteiger partial charge in [0.1, 0.15) is 5.01 Å². The number of rotatable bonds is 6. The molecule has 0 aliphatic rings. The van der Waals surface area contributed by atoms with E-state index in [9.17, 15) is 9.59 Å². The maximum Gasteiger partial charge on any atom is 0.331 e. The molecule has 2 aromatic rings. The summed E-state index contributed by atoms with van der Waals surface area (Å²) >= 11 is 1.25. The number of Topliss-reactive ketones (excluding diaryl/α,β-unsaturated/α-hetero) is 1. The van der Waals surface area contributed by atoms with Crippen molar-refractivity contribution in [3.05, 3.63) is 57.6 Å². The van der Waals surface area contributed by atoms with E-state index in [2.05, 4.69) is 4.98 Å². The topological polar surface area (TPSA) is 80.0 Å². The third-order valence-corrected chi connectivity index (χ3v) is 4.31. The zero-order chi connectivity index (χ0) is 17.5. The second-order valence-electron chi connectivity index (χ2n) is 5.15. The highest BCUT2D eigenvalue weighted by Crippen LogP contribution is 2.20. The van der Waals surface area contributed by atoms with Gasteiger partial charge in [0.05, 0.1) is 6.07 Å². The molecule has 0 saturated heterocycles. The van der Waals surface area contributed by atoms with Crippen LogP contribution in [0.15, 0.2) is 35.7 Å². The fourth-order valence-corrected chi connectivity index (χ4v) is 2.84. The van der Waals surface area contributed by atoms with Crippen LogP contribution >= 0.6 is 11.3 Å². The summed E-state index contributed by atoms with van der Waals surface area (Å²) in [5.41, 5.74) is 2.68. The highest BCUT2D eigenvalue weighted by Gasteiger charge is 2.24. The third-order valence-electron chi connectivity index (χ3n) is 3.28. The van der Waals surface area contributed by atoms with E-state index in [0.29, 0.717) is 5.01 Å². The second kappa shape index (κ2) is 8.18. The monoisotopic (exact) mass is 340 g/mol. The van der Waals surface area contributed by atoms with E-state index in [0.717, 1.165) is 16.8 Å². The van der Waals surface area contributed by atoms with Crippen molar-refractivity contribution in [1.29, 1.82) is 5.26 Å². The first-order valence-corrected chi connectivity index (χ1v) is 8.14. The maximum atomic E-state index is 12.1. The van der Waals surface area contributed by atoms with Gasteiger partial charge in [0.2, 0.25) is 0 Å². The molecule has 0 aliphatic carbocycles. The van der Waals surface area contributed by atoms with E-state index < -0.39 is 24.3 Å². The number of nitrogens with zero attached hydrogens (tertiary/aromatic N) is 2. The predicted octanol–water partition coefficient (Wildman–Crippen LogP) is 3.19. The number of aryl methyl sites for hydroxylation is 2. The fraction of sp³-hybridized carbons (Fsp3) is 0.222. The van der Waals surface area contributed by atoms with Gasteiger partial charge in [0.15, 0.2) is 18.3 Å².